The van der Waals surface area contributed by atoms with Crippen LogP contribution in [0.4, 0.5) is 5.82 Å². The second kappa shape index (κ2) is 4.59. The molecule has 15 heavy (non-hydrogen) atoms. The molecule has 1 aliphatic heterocycles. The molecule has 2 heterocycles. The highest BCUT2D eigenvalue weighted by Crippen LogP contribution is 2.23. The fraction of sp³-hybridized carbons (Fsp3) is 0.545. The van der Waals surface area contributed by atoms with E-state index in [-0.39, 0.29) is 12.6 Å². The van der Waals surface area contributed by atoms with Crippen molar-refractivity contribution in [3.05, 3.63) is 23.9 Å². The van der Waals surface area contributed by atoms with Gasteiger partial charge >= 0.3 is 0 Å². The lowest BCUT2D eigenvalue weighted by atomic mass is 10.2. The van der Waals surface area contributed by atoms with E-state index in [4.69, 9.17) is 5.73 Å². The van der Waals surface area contributed by atoms with Crippen molar-refractivity contribution in [2.75, 3.05) is 18.1 Å². The molecular formula is C11H17N3O. The molecule has 3 N–H and O–H groups in total. The van der Waals surface area contributed by atoms with Gasteiger partial charge in [-0.25, -0.2) is 4.98 Å². The number of aliphatic hydroxyl groups is 1. The van der Waals surface area contributed by atoms with Crippen LogP contribution in [0, 0.1) is 0 Å². The van der Waals surface area contributed by atoms with Crippen LogP contribution in [0.1, 0.15) is 18.4 Å². The van der Waals surface area contributed by atoms with Gasteiger partial charge in [-0.1, -0.05) is 0 Å². The third-order valence-corrected chi connectivity index (χ3v) is 2.93. The number of hydrogen-bond acceptors (Lipinski definition) is 4. The van der Waals surface area contributed by atoms with Crippen molar-refractivity contribution in [1.29, 1.82) is 0 Å². The zero-order chi connectivity index (χ0) is 10.7. The summed E-state index contributed by atoms with van der Waals surface area (Å²) in [6.45, 7) is 1.72. The molecule has 1 aromatic rings. The van der Waals surface area contributed by atoms with E-state index in [9.17, 15) is 5.11 Å². The lowest BCUT2D eigenvalue weighted by Gasteiger charge is -2.24. The molecule has 1 aliphatic rings. The monoisotopic (exact) mass is 207 g/mol. The minimum absolute atomic E-state index is 0.203. The molecule has 0 aliphatic carbocycles. The summed E-state index contributed by atoms with van der Waals surface area (Å²) in [6.07, 6.45) is 3.95. The molecular weight excluding hydrogens is 190 g/mol. The Balaban J connectivity index is 2.20. The van der Waals surface area contributed by atoms with Gasteiger partial charge in [0, 0.05) is 19.3 Å². The van der Waals surface area contributed by atoms with Crippen molar-refractivity contribution in [3.63, 3.8) is 0 Å². The van der Waals surface area contributed by atoms with E-state index in [1.54, 1.807) is 6.20 Å². The van der Waals surface area contributed by atoms with Crippen molar-refractivity contribution >= 4 is 5.82 Å². The molecule has 4 heteroatoms. The average molecular weight is 207 g/mol. The zero-order valence-corrected chi connectivity index (χ0v) is 8.76. The largest absolute Gasteiger partial charge is 0.394 e. The Bertz CT molecular complexity index is 329. The third-order valence-electron chi connectivity index (χ3n) is 2.93. The molecule has 0 saturated carbocycles. The third kappa shape index (κ3) is 2.11. The van der Waals surface area contributed by atoms with Crippen LogP contribution in [0.5, 0.6) is 0 Å². The van der Waals surface area contributed by atoms with Gasteiger partial charge in [-0.2, -0.15) is 0 Å². The average Bonchev–Trinajstić information content (AvgIpc) is 2.77. The number of rotatable bonds is 3. The van der Waals surface area contributed by atoms with Crippen LogP contribution < -0.4 is 10.6 Å². The van der Waals surface area contributed by atoms with Gasteiger partial charge in [-0.05, 0) is 30.5 Å². The van der Waals surface area contributed by atoms with Gasteiger partial charge in [0.2, 0.25) is 0 Å². The maximum Gasteiger partial charge on any atom is 0.129 e. The van der Waals surface area contributed by atoms with E-state index >= 15 is 0 Å². The fourth-order valence-electron chi connectivity index (χ4n) is 2.07. The zero-order valence-electron chi connectivity index (χ0n) is 8.76. The summed E-state index contributed by atoms with van der Waals surface area (Å²) >= 11 is 0. The number of pyridine rings is 1. The minimum Gasteiger partial charge on any atom is -0.394 e. The lowest BCUT2D eigenvalue weighted by molar-refractivity contribution is 0.266. The lowest BCUT2D eigenvalue weighted by Crippen LogP contribution is -2.32. The first-order valence-electron chi connectivity index (χ1n) is 5.37. The summed E-state index contributed by atoms with van der Waals surface area (Å²) in [4.78, 5) is 6.49. The van der Waals surface area contributed by atoms with Gasteiger partial charge in [0.15, 0.2) is 0 Å². The van der Waals surface area contributed by atoms with Crippen molar-refractivity contribution in [2.45, 2.75) is 25.4 Å². The van der Waals surface area contributed by atoms with Gasteiger partial charge in [-0.3, -0.25) is 0 Å². The van der Waals surface area contributed by atoms with E-state index in [1.165, 1.54) is 0 Å². The topological polar surface area (TPSA) is 62.4 Å². The van der Waals surface area contributed by atoms with Crippen molar-refractivity contribution in [3.8, 4) is 0 Å². The van der Waals surface area contributed by atoms with Gasteiger partial charge in [-0.15, -0.1) is 0 Å². The van der Waals surface area contributed by atoms with E-state index in [1.807, 2.05) is 12.1 Å². The predicted molar refractivity (Wildman–Crippen MR) is 59.6 cm³/mol. The highest BCUT2D eigenvalue weighted by Gasteiger charge is 2.24. The van der Waals surface area contributed by atoms with Crippen LogP contribution in [-0.4, -0.2) is 29.3 Å². The number of aromatic nitrogens is 1. The first-order valence-corrected chi connectivity index (χ1v) is 5.37. The van der Waals surface area contributed by atoms with E-state index in [0.717, 1.165) is 30.8 Å². The Morgan fingerprint density at radius 2 is 2.47 bits per heavy atom. The predicted octanol–water partition coefficient (Wildman–Crippen LogP) is 0.501. The summed E-state index contributed by atoms with van der Waals surface area (Å²) < 4.78 is 0. The number of aliphatic hydroxyl groups excluding tert-OH is 1. The smallest absolute Gasteiger partial charge is 0.129 e. The number of hydrogen-bond donors (Lipinski definition) is 2. The highest BCUT2D eigenvalue weighted by molar-refractivity contribution is 5.43. The Morgan fingerprint density at radius 3 is 3.20 bits per heavy atom. The molecule has 2 rings (SSSR count). The molecule has 82 valence electrons. The van der Waals surface area contributed by atoms with Crippen LogP contribution in [-0.2, 0) is 6.54 Å². The molecule has 0 radical (unpaired) electrons. The molecule has 4 nitrogen and oxygen atoms in total. The molecule has 0 aromatic carbocycles. The molecule has 1 fully saturated rings. The van der Waals surface area contributed by atoms with Crippen molar-refractivity contribution in [2.24, 2.45) is 5.73 Å². The van der Waals surface area contributed by atoms with Gasteiger partial charge in [0.1, 0.15) is 5.82 Å². The van der Waals surface area contributed by atoms with Crippen LogP contribution in [0.15, 0.2) is 18.3 Å². The summed E-state index contributed by atoms with van der Waals surface area (Å²) in [7, 11) is 0. The van der Waals surface area contributed by atoms with Crippen molar-refractivity contribution in [1.82, 2.24) is 4.98 Å². The molecule has 0 amide bonds. The second-order valence-electron chi connectivity index (χ2n) is 3.90. The molecule has 1 saturated heterocycles. The molecule has 1 aromatic heterocycles. The summed E-state index contributed by atoms with van der Waals surface area (Å²) in [5, 5.41) is 9.23. The molecule has 1 atom stereocenters. The molecule has 0 spiro atoms. The highest BCUT2D eigenvalue weighted by atomic mass is 16.3. The maximum atomic E-state index is 9.23. The summed E-state index contributed by atoms with van der Waals surface area (Å²) in [5.41, 5.74) is 6.68. The van der Waals surface area contributed by atoms with E-state index in [2.05, 4.69) is 9.88 Å². The van der Waals surface area contributed by atoms with Gasteiger partial charge < -0.3 is 15.7 Å². The Kier molecular flexibility index (Phi) is 3.18. The first-order chi connectivity index (χ1) is 7.35. The summed E-state index contributed by atoms with van der Waals surface area (Å²) in [6, 6.07) is 4.16. The Morgan fingerprint density at radius 1 is 1.60 bits per heavy atom. The maximum absolute atomic E-state index is 9.23. The van der Waals surface area contributed by atoms with Crippen LogP contribution in [0.25, 0.3) is 0 Å². The van der Waals surface area contributed by atoms with Crippen LogP contribution >= 0.6 is 0 Å². The number of anilines is 1. The van der Waals surface area contributed by atoms with Gasteiger partial charge in [0.25, 0.3) is 0 Å². The van der Waals surface area contributed by atoms with Crippen molar-refractivity contribution < 1.29 is 5.11 Å². The standard InChI is InChI=1S/C11H17N3O/c12-7-9-3-4-13-11(6-9)14-5-1-2-10(14)8-15/h3-4,6,10,15H,1-2,5,7-8,12H2. The quantitative estimate of drug-likeness (QED) is 0.757. The minimum atomic E-state index is 0.203. The second-order valence-corrected chi connectivity index (χ2v) is 3.90. The molecule has 0 bridgehead atoms. The SMILES string of the molecule is NCc1ccnc(N2CCCC2CO)c1. The van der Waals surface area contributed by atoms with Crippen LogP contribution in [0.2, 0.25) is 0 Å². The first kappa shape index (κ1) is 10.4. The number of nitrogens with zero attached hydrogens (tertiary/aromatic N) is 2. The van der Waals surface area contributed by atoms with E-state index in [0.29, 0.717) is 6.54 Å². The normalized spacial score (nSPS) is 20.9. The Hall–Kier alpha value is -1.13. The Labute approximate surface area is 89.7 Å². The van der Waals surface area contributed by atoms with Crippen LogP contribution in [0.3, 0.4) is 0 Å². The van der Waals surface area contributed by atoms with E-state index < -0.39 is 0 Å². The fourth-order valence-corrected chi connectivity index (χ4v) is 2.07. The number of nitrogens with two attached hydrogens (primary N) is 1. The van der Waals surface area contributed by atoms with Gasteiger partial charge in [0.05, 0.1) is 12.6 Å². The molecule has 1 unspecified atom stereocenters. The summed E-state index contributed by atoms with van der Waals surface area (Å²) in [5.74, 6) is 0.939.